The molecule has 1 heterocycles. The molecule has 1 N–H and O–H groups in total. The molecule has 0 aliphatic heterocycles. The highest BCUT2D eigenvalue weighted by Crippen LogP contribution is 2.30. The number of aromatic nitrogens is 1. The van der Waals surface area contributed by atoms with E-state index < -0.39 is 16.0 Å². The van der Waals surface area contributed by atoms with E-state index >= 15 is 0 Å². The Kier molecular flexibility index (Phi) is 5.75. The van der Waals surface area contributed by atoms with Gasteiger partial charge in [-0.25, -0.2) is 12.4 Å². The molecule has 0 unspecified atom stereocenters. The normalized spacial score (nSPS) is 11.6. The summed E-state index contributed by atoms with van der Waals surface area (Å²) in [6.45, 7) is 2.35. The fourth-order valence-corrected chi connectivity index (χ4v) is 4.61. The summed E-state index contributed by atoms with van der Waals surface area (Å²) in [5.74, 6) is -0.316. The van der Waals surface area contributed by atoms with Crippen molar-refractivity contribution >= 4 is 49.5 Å². The number of halogens is 1. The largest absolute Gasteiger partial charge is 0.494 e. The first-order chi connectivity index (χ1) is 12.8. The maximum absolute atomic E-state index is 13.1. The molecule has 0 aliphatic rings. The second-order valence-corrected chi connectivity index (χ2v) is 8.98. The average Bonchev–Trinajstić information content (AvgIpc) is 2.99. The molecular formula is C19H18INO5S. The Morgan fingerprint density at radius 2 is 1.89 bits per heavy atom. The molecule has 0 saturated heterocycles. The topological polar surface area (TPSA) is 85.6 Å². The maximum atomic E-state index is 13.1. The van der Waals surface area contributed by atoms with Crippen LogP contribution in [0.5, 0.6) is 5.75 Å². The predicted molar refractivity (Wildman–Crippen MR) is 111 cm³/mol. The van der Waals surface area contributed by atoms with Gasteiger partial charge in [0.25, 0.3) is 10.0 Å². The van der Waals surface area contributed by atoms with Crippen molar-refractivity contribution in [3.05, 3.63) is 57.8 Å². The van der Waals surface area contributed by atoms with Crippen molar-refractivity contribution in [1.82, 2.24) is 3.97 Å². The third-order valence-corrected chi connectivity index (χ3v) is 6.52. The van der Waals surface area contributed by atoms with Crippen LogP contribution in [0.2, 0.25) is 0 Å². The third-order valence-electron chi connectivity index (χ3n) is 4.11. The van der Waals surface area contributed by atoms with Gasteiger partial charge >= 0.3 is 5.97 Å². The number of rotatable bonds is 7. The maximum Gasteiger partial charge on any atom is 0.303 e. The van der Waals surface area contributed by atoms with Gasteiger partial charge in [0.15, 0.2) is 0 Å². The molecule has 3 rings (SSSR count). The number of hydrogen-bond donors (Lipinski definition) is 1. The van der Waals surface area contributed by atoms with Crippen molar-refractivity contribution in [2.45, 2.75) is 24.7 Å². The van der Waals surface area contributed by atoms with E-state index in [-0.39, 0.29) is 17.7 Å². The van der Waals surface area contributed by atoms with E-state index in [1.807, 2.05) is 6.92 Å². The van der Waals surface area contributed by atoms with Crippen LogP contribution in [0.1, 0.15) is 18.9 Å². The molecule has 1 aromatic heterocycles. The average molecular weight is 499 g/mol. The molecule has 0 saturated carbocycles. The van der Waals surface area contributed by atoms with Crippen molar-refractivity contribution in [3.8, 4) is 5.75 Å². The van der Waals surface area contributed by atoms with Gasteiger partial charge in [0.05, 0.1) is 17.0 Å². The van der Waals surface area contributed by atoms with Crippen LogP contribution in [0, 0.1) is 3.57 Å². The minimum atomic E-state index is -3.80. The van der Waals surface area contributed by atoms with Crippen LogP contribution >= 0.6 is 22.6 Å². The number of carboxylic acids is 1. The van der Waals surface area contributed by atoms with Crippen LogP contribution in [0.25, 0.3) is 10.9 Å². The van der Waals surface area contributed by atoms with Crippen molar-refractivity contribution in [1.29, 1.82) is 0 Å². The monoisotopic (exact) mass is 499 g/mol. The number of carbonyl (C=O) groups is 1. The van der Waals surface area contributed by atoms with Gasteiger partial charge in [0, 0.05) is 21.6 Å². The van der Waals surface area contributed by atoms with Crippen molar-refractivity contribution in [2.75, 3.05) is 6.61 Å². The van der Waals surface area contributed by atoms with Crippen LogP contribution in [0.3, 0.4) is 0 Å². The van der Waals surface area contributed by atoms with Gasteiger partial charge in [-0.1, -0.05) is 0 Å². The summed E-state index contributed by atoms with van der Waals surface area (Å²) in [6, 6.07) is 11.8. The molecule has 8 heteroatoms. The lowest BCUT2D eigenvalue weighted by Gasteiger charge is -2.08. The highest BCUT2D eigenvalue weighted by molar-refractivity contribution is 14.1. The molecule has 0 fully saturated rings. The van der Waals surface area contributed by atoms with Gasteiger partial charge in [0.2, 0.25) is 0 Å². The van der Waals surface area contributed by atoms with E-state index in [0.717, 1.165) is 3.57 Å². The first kappa shape index (κ1) is 19.7. The number of benzene rings is 2. The number of aliphatic carboxylic acids is 1. The molecule has 0 amide bonds. The zero-order valence-corrected chi connectivity index (χ0v) is 17.5. The fourth-order valence-electron chi connectivity index (χ4n) is 2.86. The quantitative estimate of drug-likeness (QED) is 0.499. The molecule has 0 atom stereocenters. The van der Waals surface area contributed by atoms with Gasteiger partial charge in [-0.05, 0) is 84.0 Å². The highest BCUT2D eigenvalue weighted by Gasteiger charge is 2.22. The van der Waals surface area contributed by atoms with E-state index in [9.17, 15) is 13.2 Å². The van der Waals surface area contributed by atoms with Crippen LogP contribution < -0.4 is 4.74 Å². The lowest BCUT2D eigenvalue weighted by atomic mass is 10.1. The lowest BCUT2D eigenvalue weighted by molar-refractivity contribution is -0.136. The molecule has 142 valence electrons. The van der Waals surface area contributed by atoms with E-state index in [4.69, 9.17) is 9.84 Å². The zero-order valence-electron chi connectivity index (χ0n) is 14.6. The first-order valence-electron chi connectivity index (χ1n) is 8.32. The van der Waals surface area contributed by atoms with Crippen LogP contribution in [0.15, 0.2) is 53.6 Å². The summed E-state index contributed by atoms with van der Waals surface area (Å²) in [6.07, 6.45) is 1.66. The van der Waals surface area contributed by atoms with Crippen LogP contribution in [0.4, 0.5) is 0 Å². The Bertz CT molecular complexity index is 1090. The molecular weight excluding hydrogens is 481 g/mol. The Morgan fingerprint density at radius 1 is 1.19 bits per heavy atom. The number of aryl methyl sites for hydroxylation is 1. The van der Waals surface area contributed by atoms with Gasteiger partial charge < -0.3 is 9.84 Å². The summed E-state index contributed by atoms with van der Waals surface area (Å²) in [7, 11) is -3.80. The molecule has 6 nitrogen and oxygen atoms in total. The van der Waals surface area contributed by atoms with E-state index in [1.165, 1.54) is 10.2 Å². The number of ether oxygens (including phenoxy) is 1. The lowest BCUT2D eigenvalue weighted by Crippen LogP contribution is -2.11. The van der Waals surface area contributed by atoms with Gasteiger partial charge in [-0.2, -0.15) is 0 Å². The second kappa shape index (κ2) is 7.89. The second-order valence-electron chi connectivity index (χ2n) is 5.91. The standard InChI is InChI=1S/C19H18INO5S/c1-2-26-15-6-9-18-17(11-15)13(3-10-19(22)23)12-21(18)27(24,25)16-7-4-14(20)5-8-16/h4-9,11-12H,2-3,10H2,1H3,(H,22,23). The smallest absolute Gasteiger partial charge is 0.303 e. The highest BCUT2D eigenvalue weighted by atomic mass is 127. The number of nitrogens with zero attached hydrogens (tertiary/aromatic N) is 1. The first-order valence-corrected chi connectivity index (χ1v) is 10.8. The van der Waals surface area contributed by atoms with Gasteiger partial charge in [-0.15, -0.1) is 0 Å². The fraction of sp³-hybridized carbons (Fsp3) is 0.211. The van der Waals surface area contributed by atoms with Crippen molar-refractivity contribution < 1.29 is 23.1 Å². The Hall–Kier alpha value is -2.07. The van der Waals surface area contributed by atoms with E-state index in [2.05, 4.69) is 22.6 Å². The molecule has 0 spiro atoms. The summed E-state index contributed by atoms with van der Waals surface area (Å²) in [5, 5.41) is 9.68. The molecule has 27 heavy (non-hydrogen) atoms. The molecule has 0 aliphatic carbocycles. The van der Waals surface area contributed by atoms with Gasteiger partial charge in [-0.3, -0.25) is 4.79 Å². The Morgan fingerprint density at radius 3 is 2.52 bits per heavy atom. The Labute approximate surface area is 171 Å². The SMILES string of the molecule is CCOc1ccc2c(c1)c(CCC(=O)O)cn2S(=O)(=O)c1ccc(I)cc1. The summed E-state index contributed by atoms with van der Waals surface area (Å²) >= 11 is 2.11. The van der Waals surface area contributed by atoms with E-state index in [0.29, 0.717) is 28.8 Å². The molecule has 0 radical (unpaired) electrons. The van der Waals surface area contributed by atoms with Crippen LogP contribution in [-0.2, 0) is 21.2 Å². The third kappa shape index (κ3) is 4.11. The molecule has 2 aromatic carbocycles. The predicted octanol–water partition coefficient (Wildman–Crippen LogP) is 3.90. The van der Waals surface area contributed by atoms with Crippen molar-refractivity contribution in [2.24, 2.45) is 0 Å². The minimum absolute atomic E-state index is 0.0818. The van der Waals surface area contributed by atoms with Crippen molar-refractivity contribution in [3.63, 3.8) is 0 Å². The van der Waals surface area contributed by atoms with Crippen LogP contribution in [-0.4, -0.2) is 30.1 Å². The number of hydrogen-bond acceptors (Lipinski definition) is 4. The summed E-state index contributed by atoms with van der Waals surface area (Å²) < 4.78 is 33.9. The summed E-state index contributed by atoms with van der Waals surface area (Å²) in [5.41, 5.74) is 1.15. The zero-order chi connectivity index (χ0) is 19.6. The Balaban J connectivity index is 2.17. The van der Waals surface area contributed by atoms with Gasteiger partial charge in [0.1, 0.15) is 5.75 Å². The minimum Gasteiger partial charge on any atom is -0.494 e. The molecule has 0 bridgehead atoms. The molecule has 3 aromatic rings. The summed E-state index contributed by atoms with van der Waals surface area (Å²) in [4.78, 5) is 11.2. The number of carboxylic acid groups (broad SMARTS) is 1. The van der Waals surface area contributed by atoms with E-state index in [1.54, 1.807) is 42.5 Å². The number of fused-ring (bicyclic) bond motifs is 1.